The molecule has 7 heteroatoms. The fraction of sp³-hybridized carbons (Fsp3) is 0.200. The van der Waals surface area contributed by atoms with E-state index in [-0.39, 0.29) is 4.90 Å². The van der Waals surface area contributed by atoms with Crippen LogP contribution in [0.5, 0.6) is 0 Å². The van der Waals surface area contributed by atoms with Crippen molar-refractivity contribution in [3.8, 4) is 11.1 Å². The van der Waals surface area contributed by atoms with E-state index >= 15 is 0 Å². The zero-order valence-corrected chi connectivity index (χ0v) is 15.6. The number of benzene rings is 2. The van der Waals surface area contributed by atoms with E-state index in [0.29, 0.717) is 11.6 Å². The molecular formula is C20H20N4O2S. The number of hydrogen-bond acceptors (Lipinski definition) is 5. The van der Waals surface area contributed by atoms with E-state index in [0.717, 1.165) is 37.1 Å². The Morgan fingerprint density at radius 3 is 2.04 bits per heavy atom. The standard InChI is InChI=1S/C20H20N4O2S/c25-27(26,19-10-8-17(9-11-19)16-6-2-1-3-7-16)23-18-14-21-20(22-15-18)24-12-4-5-13-24/h1-3,6-11,14-15,23H,4-5,12-13H2. The Balaban J connectivity index is 1.49. The van der Waals surface area contributed by atoms with E-state index in [1.165, 1.54) is 12.4 Å². The van der Waals surface area contributed by atoms with Crippen LogP contribution in [0.4, 0.5) is 11.6 Å². The van der Waals surface area contributed by atoms with Crippen LogP contribution in [0.15, 0.2) is 71.9 Å². The maximum Gasteiger partial charge on any atom is 0.261 e. The van der Waals surface area contributed by atoms with Gasteiger partial charge in [0.1, 0.15) is 0 Å². The maximum atomic E-state index is 12.6. The molecule has 0 spiro atoms. The molecule has 1 aromatic heterocycles. The molecule has 6 nitrogen and oxygen atoms in total. The van der Waals surface area contributed by atoms with Crippen molar-refractivity contribution in [1.82, 2.24) is 9.97 Å². The second-order valence-corrected chi connectivity index (χ2v) is 8.14. The van der Waals surface area contributed by atoms with E-state index in [1.807, 2.05) is 30.3 Å². The third kappa shape index (κ3) is 3.93. The number of nitrogens with zero attached hydrogens (tertiary/aromatic N) is 3. The molecule has 0 amide bonds. The maximum absolute atomic E-state index is 12.6. The van der Waals surface area contributed by atoms with Crippen LogP contribution in [-0.4, -0.2) is 31.5 Å². The molecule has 0 aliphatic carbocycles. The van der Waals surface area contributed by atoms with E-state index in [9.17, 15) is 8.42 Å². The van der Waals surface area contributed by atoms with Crippen molar-refractivity contribution in [2.24, 2.45) is 0 Å². The van der Waals surface area contributed by atoms with E-state index in [4.69, 9.17) is 0 Å². The predicted octanol–water partition coefficient (Wildman–Crippen LogP) is 3.54. The molecule has 4 rings (SSSR count). The van der Waals surface area contributed by atoms with Gasteiger partial charge in [0.2, 0.25) is 5.95 Å². The highest BCUT2D eigenvalue weighted by atomic mass is 32.2. The molecule has 27 heavy (non-hydrogen) atoms. The fourth-order valence-corrected chi connectivity index (χ4v) is 4.15. The molecule has 1 fully saturated rings. The van der Waals surface area contributed by atoms with Crippen molar-refractivity contribution in [3.05, 3.63) is 67.0 Å². The summed E-state index contributed by atoms with van der Waals surface area (Å²) in [6.45, 7) is 1.89. The highest BCUT2D eigenvalue weighted by molar-refractivity contribution is 7.92. The molecule has 2 aromatic carbocycles. The van der Waals surface area contributed by atoms with Gasteiger partial charge < -0.3 is 4.90 Å². The number of rotatable bonds is 5. The summed E-state index contributed by atoms with van der Waals surface area (Å²) < 4.78 is 27.8. The second kappa shape index (κ2) is 7.36. The molecule has 2 heterocycles. The summed E-state index contributed by atoms with van der Waals surface area (Å²) in [5.41, 5.74) is 2.36. The second-order valence-electron chi connectivity index (χ2n) is 6.46. The Morgan fingerprint density at radius 1 is 0.815 bits per heavy atom. The van der Waals surface area contributed by atoms with Crippen LogP contribution in [0, 0.1) is 0 Å². The lowest BCUT2D eigenvalue weighted by molar-refractivity contribution is 0.601. The van der Waals surface area contributed by atoms with Gasteiger partial charge in [0.25, 0.3) is 10.0 Å². The van der Waals surface area contributed by atoms with Gasteiger partial charge in [-0.15, -0.1) is 0 Å². The first-order chi connectivity index (χ1) is 13.1. The summed E-state index contributed by atoms with van der Waals surface area (Å²) in [5.74, 6) is 0.641. The predicted molar refractivity (Wildman–Crippen MR) is 106 cm³/mol. The fourth-order valence-electron chi connectivity index (χ4n) is 3.13. The molecule has 0 atom stereocenters. The summed E-state index contributed by atoms with van der Waals surface area (Å²) >= 11 is 0. The topological polar surface area (TPSA) is 75.2 Å². The number of sulfonamides is 1. The number of hydrogen-bond donors (Lipinski definition) is 1. The first kappa shape index (κ1) is 17.5. The molecule has 0 bridgehead atoms. The molecule has 0 unspecified atom stereocenters. The average Bonchev–Trinajstić information content (AvgIpc) is 3.24. The summed E-state index contributed by atoms with van der Waals surface area (Å²) in [6.07, 6.45) is 5.29. The molecular weight excluding hydrogens is 360 g/mol. The van der Waals surface area contributed by atoms with Crippen molar-refractivity contribution >= 4 is 21.7 Å². The van der Waals surface area contributed by atoms with Crippen LogP contribution in [0.25, 0.3) is 11.1 Å². The van der Waals surface area contributed by atoms with Gasteiger partial charge in [0.15, 0.2) is 0 Å². The van der Waals surface area contributed by atoms with Gasteiger partial charge in [-0.3, -0.25) is 4.72 Å². The lowest BCUT2D eigenvalue weighted by Gasteiger charge is -2.15. The van der Waals surface area contributed by atoms with E-state index in [2.05, 4.69) is 19.6 Å². The highest BCUT2D eigenvalue weighted by Crippen LogP contribution is 2.23. The summed E-state index contributed by atoms with van der Waals surface area (Å²) in [4.78, 5) is 10.9. The Bertz CT molecular complexity index is 998. The summed E-state index contributed by atoms with van der Waals surface area (Å²) in [6, 6.07) is 16.6. The van der Waals surface area contributed by atoms with Gasteiger partial charge in [-0.1, -0.05) is 42.5 Å². The van der Waals surface area contributed by atoms with E-state index < -0.39 is 10.0 Å². The SMILES string of the molecule is O=S(=O)(Nc1cnc(N2CCCC2)nc1)c1ccc(-c2ccccc2)cc1. The minimum Gasteiger partial charge on any atom is -0.341 e. The van der Waals surface area contributed by atoms with Crippen LogP contribution in [-0.2, 0) is 10.0 Å². The van der Waals surface area contributed by atoms with Crippen molar-refractivity contribution in [2.45, 2.75) is 17.7 Å². The van der Waals surface area contributed by atoms with Crippen LogP contribution in [0.3, 0.4) is 0 Å². The lowest BCUT2D eigenvalue weighted by atomic mass is 10.1. The quantitative estimate of drug-likeness (QED) is 0.733. The average molecular weight is 380 g/mol. The summed E-state index contributed by atoms with van der Waals surface area (Å²) in [7, 11) is -3.69. The van der Waals surface area contributed by atoms with E-state index in [1.54, 1.807) is 24.3 Å². The van der Waals surface area contributed by atoms with Gasteiger partial charge in [-0.2, -0.15) is 0 Å². The minimum absolute atomic E-state index is 0.200. The van der Waals surface area contributed by atoms with Gasteiger partial charge >= 0.3 is 0 Å². The molecule has 0 radical (unpaired) electrons. The van der Waals surface area contributed by atoms with Crippen molar-refractivity contribution in [3.63, 3.8) is 0 Å². The number of nitrogens with one attached hydrogen (secondary N) is 1. The van der Waals surface area contributed by atoms with Gasteiger partial charge in [0.05, 0.1) is 23.0 Å². The number of aromatic nitrogens is 2. The third-order valence-corrected chi connectivity index (χ3v) is 5.95. The lowest BCUT2D eigenvalue weighted by Crippen LogP contribution is -2.20. The largest absolute Gasteiger partial charge is 0.341 e. The Hall–Kier alpha value is -2.93. The zero-order chi connectivity index (χ0) is 18.7. The van der Waals surface area contributed by atoms with Gasteiger partial charge in [0, 0.05) is 13.1 Å². The van der Waals surface area contributed by atoms with Crippen molar-refractivity contribution < 1.29 is 8.42 Å². The first-order valence-electron chi connectivity index (χ1n) is 8.87. The van der Waals surface area contributed by atoms with Crippen LogP contribution < -0.4 is 9.62 Å². The molecule has 1 saturated heterocycles. The normalized spacial score (nSPS) is 14.3. The monoisotopic (exact) mass is 380 g/mol. The minimum atomic E-state index is -3.69. The molecule has 0 saturated carbocycles. The molecule has 3 aromatic rings. The molecule has 1 aliphatic heterocycles. The van der Waals surface area contributed by atoms with Crippen LogP contribution in [0.2, 0.25) is 0 Å². The Morgan fingerprint density at radius 2 is 1.41 bits per heavy atom. The number of anilines is 2. The Kier molecular flexibility index (Phi) is 4.77. The van der Waals surface area contributed by atoms with Crippen LogP contribution in [0.1, 0.15) is 12.8 Å². The van der Waals surface area contributed by atoms with Crippen LogP contribution >= 0.6 is 0 Å². The third-order valence-electron chi connectivity index (χ3n) is 4.55. The highest BCUT2D eigenvalue weighted by Gasteiger charge is 2.17. The van der Waals surface area contributed by atoms with Crippen molar-refractivity contribution in [2.75, 3.05) is 22.7 Å². The smallest absolute Gasteiger partial charge is 0.261 e. The molecule has 1 aliphatic rings. The summed E-state index contributed by atoms with van der Waals surface area (Å²) in [5, 5.41) is 0. The molecule has 1 N–H and O–H groups in total. The van der Waals surface area contributed by atoms with Gasteiger partial charge in [-0.25, -0.2) is 18.4 Å². The Labute approximate surface area is 159 Å². The first-order valence-corrected chi connectivity index (χ1v) is 10.4. The van der Waals surface area contributed by atoms with Gasteiger partial charge in [-0.05, 0) is 36.1 Å². The molecule has 138 valence electrons. The van der Waals surface area contributed by atoms with Crippen molar-refractivity contribution in [1.29, 1.82) is 0 Å². The zero-order valence-electron chi connectivity index (χ0n) is 14.7.